The molecule has 2 rings (SSSR count). The van der Waals surface area contributed by atoms with Gasteiger partial charge in [-0.1, -0.05) is 13.0 Å². The molecule has 7 heteroatoms. The number of aliphatic hydroxyl groups excluding tert-OH is 1. The molecule has 1 atom stereocenters. The van der Waals surface area contributed by atoms with E-state index in [4.69, 9.17) is 4.74 Å². The summed E-state index contributed by atoms with van der Waals surface area (Å²) < 4.78 is 43.2. The molecule has 1 aliphatic heterocycles. The first-order valence-electron chi connectivity index (χ1n) is 7.81. The van der Waals surface area contributed by atoms with Gasteiger partial charge in [0.25, 0.3) is 0 Å². The zero-order valence-corrected chi connectivity index (χ0v) is 13.2. The molecule has 1 aliphatic rings. The van der Waals surface area contributed by atoms with Gasteiger partial charge in [0, 0.05) is 32.7 Å². The number of ether oxygens (including phenoxy) is 1. The van der Waals surface area contributed by atoms with Crippen LogP contribution in [0.25, 0.3) is 0 Å². The Labute approximate surface area is 134 Å². The molecule has 0 saturated carbocycles. The van der Waals surface area contributed by atoms with Gasteiger partial charge in [-0.15, -0.1) is 0 Å². The van der Waals surface area contributed by atoms with Crippen molar-refractivity contribution in [3.63, 3.8) is 0 Å². The Morgan fingerprint density at radius 3 is 2.43 bits per heavy atom. The molecule has 4 nitrogen and oxygen atoms in total. The fraction of sp³-hybridized carbons (Fsp3) is 0.625. The molecule has 1 fully saturated rings. The minimum Gasteiger partial charge on any atom is -0.491 e. The van der Waals surface area contributed by atoms with E-state index in [0.29, 0.717) is 6.54 Å². The monoisotopic (exact) mass is 332 g/mol. The fourth-order valence-corrected chi connectivity index (χ4v) is 2.59. The van der Waals surface area contributed by atoms with Gasteiger partial charge in [-0.25, -0.2) is 0 Å². The molecule has 1 N–H and O–H groups in total. The first-order chi connectivity index (χ1) is 10.9. The van der Waals surface area contributed by atoms with E-state index >= 15 is 0 Å². The van der Waals surface area contributed by atoms with Gasteiger partial charge in [0.1, 0.15) is 18.5 Å². The maximum atomic E-state index is 12.6. The third kappa shape index (κ3) is 5.67. The van der Waals surface area contributed by atoms with Crippen LogP contribution < -0.4 is 4.74 Å². The highest BCUT2D eigenvalue weighted by atomic mass is 19.4. The zero-order chi connectivity index (χ0) is 16.9. The third-order valence-electron chi connectivity index (χ3n) is 3.98. The van der Waals surface area contributed by atoms with Crippen molar-refractivity contribution in [1.29, 1.82) is 0 Å². The summed E-state index contributed by atoms with van der Waals surface area (Å²) in [5, 5.41) is 10.0. The minimum atomic E-state index is -4.39. The van der Waals surface area contributed by atoms with Gasteiger partial charge >= 0.3 is 6.18 Å². The van der Waals surface area contributed by atoms with Crippen LogP contribution >= 0.6 is 0 Å². The lowest BCUT2D eigenvalue weighted by molar-refractivity contribution is -0.137. The summed E-state index contributed by atoms with van der Waals surface area (Å²) in [6.45, 7) is 7.30. The predicted molar refractivity (Wildman–Crippen MR) is 81.5 cm³/mol. The quantitative estimate of drug-likeness (QED) is 0.865. The number of piperazine rings is 1. The van der Waals surface area contributed by atoms with E-state index in [-0.39, 0.29) is 12.4 Å². The molecule has 0 aromatic heterocycles. The van der Waals surface area contributed by atoms with Crippen LogP contribution in [0.3, 0.4) is 0 Å². The van der Waals surface area contributed by atoms with Crippen LogP contribution in [0.2, 0.25) is 0 Å². The number of hydrogen-bond donors (Lipinski definition) is 1. The lowest BCUT2D eigenvalue weighted by Crippen LogP contribution is -2.49. The van der Waals surface area contributed by atoms with Crippen LogP contribution in [0, 0.1) is 0 Å². The van der Waals surface area contributed by atoms with E-state index < -0.39 is 17.8 Å². The third-order valence-corrected chi connectivity index (χ3v) is 3.98. The van der Waals surface area contributed by atoms with Gasteiger partial charge in [0.15, 0.2) is 0 Å². The summed E-state index contributed by atoms with van der Waals surface area (Å²) in [5.74, 6) is 0.120. The second-order valence-electron chi connectivity index (χ2n) is 5.73. The average Bonchev–Trinajstić information content (AvgIpc) is 2.53. The number of aliphatic hydroxyl groups is 1. The predicted octanol–water partition coefficient (Wildman–Crippen LogP) is 2.08. The van der Waals surface area contributed by atoms with Gasteiger partial charge in [-0.2, -0.15) is 13.2 Å². The molecule has 1 saturated heterocycles. The molecule has 0 aliphatic carbocycles. The Morgan fingerprint density at radius 1 is 1.17 bits per heavy atom. The summed E-state index contributed by atoms with van der Waals surface area (Å²) in [6, 6.07) is 4.71. The Kier molecular flexibility index (Phi) is 6.26. The molecular weight excluding hydrogens is 309 g/mol. The number of alkyl halides is 3. The summed E-state index contributed by atoms with van der Waals surface area (Å²) in [4.78, 5) is 4.48. The molecule has 23 heavy (non-hydrogen) atoms. The number of likely N-dealkylation sites (N-methyl/N-ethyl adjacent to an activating group) is 1. The highest BCUT2D eigenvalue weighted by Gasteiger charge is 2.30. The van der Waals surface area contributed by atoms with Gasteiger partial charge in [-0.3, -0.25) is 4.90 Å². The largest absolute Gasteiger partial charge is 0.491 e. The molecule has 1 heterocycles. The normalized spacial score (nSPS) is 18.8. The highest BCUT2D eigenvalue weighted by molar-refractivity contribution is 5.30. The maximum absolute atomic E-state index is 12.6. The molecule has 130 valence electrons. The molecule has 0 amide bonds. The van der Waals surface area contributed by atoms with E-state index in [2.05, 4.69) is 16.7 Å². The van der Waals surface area contributed by atoms with Crippen LogP contribution in [-0.4, -0.2) is 66.9 Å². The van der Waals surface area contributed by atoms with Crippen molar-refractivity contribution in [3.8, 4) is 5.75 Å². The van der Waals surface area contributed by atoms with Gasteiger partial charge in [0.2, 0.25) is 0 Å². The van der Waals surface area contributed by atoms with Crippen molar-refractivity contribution in [1.82, 2.24) is 9.80 Å². The van der Waals surface area contributed by atoms with Gasteiger partial charge in [0.05, 0.1) is 5.56 Å². The summed E-state index contributed by atoms with van der Waals surface area (Å²) >= 11 is 0. The minimum absolute atomic E-state index is 0.0185. The number of benzene rings is 1. The van der Waals surface area contributed by atoms with Crippen LogP contribution in [0.1, 0.15) is 12.5 Å². The van der Waals surface area contributed by atoms with Gasteiger partial charge in [-0.05, 0) is 24.7 Å². The molecule has 0 radical (unpaired) electrons. The van der Waals surface area contributed by atoms with Crippen molar-refractivity contribution >= 4 is 0 Å². The second kappa shape index (κ2) is 7.99. The SMILES string of the molecule is CCN1CCN(CC(O)COc2cccc(C(F)(F)F)c2)CC1. The van der Waals surface area contributed by atoms with E-state index in [0.717, 1.165) is 44.9 Å². The van der Waals surface area contributed by atoms with Crippen LogP contribution in [0.15, 0.2) is 24.3 Å². The smallest absolute Gasteiger partial charge is 0.416 e. The van der Waals surface area contributed by atoms with Crippen molar-refractivity contribution in [2.24, 2.45) is 0 Å². The standard InChI is InChI=1S/C16H23F3N2O2/c1-2-20-6-8-21(9-7-20)11-14(22)12-23-15-5-3-4-13(10-15)16(17,18)19/h3-5,10,14,22H,2,6-9,11-12H2,1H3. The lowest BCUT2D eigenvalue weighted by atomic mass is 10.2. The number of hydrogen-bond acceptors (Lipinski definition) is 4. The molecule has 0 spiro atoms. The van der Waals surface area contributed by atoms with Crippen LogP contribution in [0.4, 0.5) is 13.2 Å². The Balaban J connectivity index is 1.77. The summed E-state index contributed by atoms with van der Waals surface area (Å²) in [6.07, 6.45) is -5.12. The van der Waals surface area contributed by atoms with Crippen LogP contribution in [-0.2, 0) is 6.18 Å². The van der Waals surface area contributed by atoms with Gasteiger partial charge < -0.3 is 14.7 Å². The number of rotatable bonds is 6. The van der Waals surface area contributed by atoms with E-state index in [1.807, 2.05) is 0 Å². The van der Waals surface area contributed by atoms with Crippen LogP contribution in [0.5, 0.6) is 5.75 Å². The molecule has 1 aromatic carbocycles. The summed E-state index contributed by atoms with van der Waals surface area (Å²) in [5.41, 5.74) is -0.750. The Hall–Kier alpha value is -1.31. The first kappa shape index (κ1) is 18.0. The fourth-order valence-electron chi connectivity index (χ4n) is 2.59. The summed E-state index contributed by atoms with van der Waals surface area (Å²) in [7, 11) is 0. The number of halogens is 3. The number of β-amino-alcohol motifs (C(OH)–C–C–N with tert-alkyl or cyclic N) is 1. The second-order valence-corrected chi connectivity index (χ2v) is 5.73. The Bertz CT molecular complexity index is 488. The number of nitrogens with zero attached hydrogens (tertiary/aromatic N) is 2. The van der Waals surface area contributed by atoms with Crippen molar-refractivity contribution < 1.29 is 23.0 Å². The van der Waals surface area contributed by atoms with Crippen molar-refractivity contribution in [3.05, 3.63) is 29.8 Å². The van der Waals surface area contributed by atoms with E-state index in [1.165, 1.54) is 12.1 Å². The van der Waals surface area contributed by atoms with Crippen molar-refractivity contribution in [2.45, 2.75) is 19.2 Å². The highest BCUT2D eigenvalue weighted by Crippen LogP contribution is 2.31. The first-order valence-corrected chi connectivity index (χ1v) is 7.81. The average molecular weight is 332 g/mol. The maximum Gasteiger partial charge on any atom is 0.416 e. The lowest BCUT2D eigenvalue weighted by Gasteiger charge is -2.34. The molecular formula is C16H23F3N2O2. The molecule has 1 aromatic rings. The Morgan fingerprint density at radius 2 is 1.83 bits per heavy atom. The zero-order valence-electron chi connectivity index (χ0n) is 13.2. The topological polar surface area (TPSA) is 35.9 Å². The van der Waals surface area contributed by atoms with E-state index in [9.17, 15) is 18.3 Å². The molecule has 0 bridgehead atoms. The van der Waals surface area contributed by atoms with Crippen molar-refractivity contribution in [2.75, 3.05) is 45.9 Å². The molecule has 1 unspecified atom stereocenters. The van der Waals surface area contributed by atoms with E-state index in [1.54, 1.807) is 0 Å².